The van der Waals surface area contributed by atoms with Gasteiger partial charge < -0.3 is 14.8 Å². The van der Waals surface area contributed by atoms with Crippen molar-refractivity contribution in [1.29, 1.82) is 0 Å². The fraction of sp³-hybridized carbons (Fsp3) is 0.474. The van der Waals surface area contributed by atoms with Crippen molar-refractivity contribution in [2.75, 3.05) is 18.8 Å². The lowest BCUT2D eigenvalue weighted by atomic mass is 10.1. The van der Waals surface area contributed by atoms with E-state index in [4.69, 9.17) is 0 Å². The van der Waals surface area contributed by atoms with Crippen molar-refractivity contribution >= 4 is 23.6 Å². The summed E-state index contributed by atoms with van der Waals surface area (Å²) in [5.41, 5.74) is -0.00760. The molecule has 150 valence electrons. The molecule has 2 aromatic rings. The van der Waals surface area contributed by atoms with Crippen molar-refractivity contribution in [3.63, 3.8) is 0 Å². The lowest BCUT2D eigenvalue weighted by molar-refractivity contribution is -0.129. The van der Waals surface area contributed by atoms with Gasteiger partial charge in [0.25, 0.3) is 5.91 Å². The number of hydrogen-bond acceptors (Lipinski definition) is 5. The molecule has 0 bridgehead atoms. The predicted octanol–water partition coefficient (Wildman–Crippen LogP) is 2.47. The number of halogens is 1. The zero-order valence-electron chi connectivity index (χ0n) is 15.9. The average Bonchev–Trinajstić information content (AvgIpc) is 3.13. The van der Waals surface area contributed by atoms with Crippen molar-refractivity contribution in [2.24, 2.45) is 0 Å². The Bertz CT molecular complexity index is 835. The average molecular weight is 405 g/mol. The molecule has 2 amide bonds. The monoisotopic (exact) mass is 405 g/mol. The molecule has 3 rings (SSSR count). The second-order valence-corrected chi connectivity index (χ2v) is 7.48. The number of hydrogen-bond donors (Lipinski definition) is 1. The Balaban J connectivity index is 1.58. The van der Waals surface area contributed by atoms with E-state index in [2.05, 4.69) is 15.5 Å². The summed E-state index contributed by atoms with van der Waals surface area (Å²) >= 11 is 1.35. The lowest BCUT2D eigenvalue weighted by Gasteiger charge is -2.26. The maximum atomic E-state index is 13.7. The maximum absolute atomic E-state index is 13.7. The third-order valence-electron chi connectivity index (χ3n) is 4.67. The highest BCUT2D eigenvalue weighted by atomic mass is 32.2. The highest BCUT2D eigenvalue weighted by Gasteiger charge is 2.19. The molecule has 9 heteroatoms. The summed E-state index contributed by atoms with van der Waals surface area (Å²) in [5.74, 6) is -0.0628. The van der Waals surface area contributed by atoms with Crippen LogP contribution in [0, 0.1) is 5.82 Å². The van der Waals surface area contributed by atoms with Crippen LogP contribution >= 0.6 is 11.8 Å². The summed E-state index contributed by atoms with van der Waals surface area (Å²) in [4.78, 5) is 26.4. The van der Waals surface area contributed by atoms with Gasteiger partial charge in [-0.05, 0) is 38.3 Å². The Hall–Kier alpha value is -2.42. The second-order valence-electron chi connectivity index (χ2n) is 6.54. The number of carbonyl (C=O) groups is 2. The first kappa shape index (κ1) is 20.3. The molecule has 0 atom stereocenters. The number of nitrogens with zero attached hydrogens (tertiary/aromatic N) is 4. The number of rotatable bonds is 7. The van der Waals surface area contributed by atoms with Crippen LogP contribution in [0.3, 0.4) is 0 Å². The summed E-state index contributed by atoms with van der Waals surface area (Å²) in [6.45, 7) is 4.34. The second kappa shape index (κ2) is 9.68. The zero-order valence-corrected chi connectivity index (χ0v) is 16.7. The Morgan fingerprint density at radius 2 is 1.93 bits per heavy atom. The first-order valence-electron chi connectivity index (χ1n) is 9.45. The number of thioether (sulfide) groups is 1. The Morgan fingerprint density at radius 1 is 1.18 bits per heavy atom. The largest absolute Gasteiger partial charge is 0.345 e. The summed E-state index contributed by atoms with van der Waals surface area (Å²) in [6, 6.07) is 5.83. The van der Waals surface area contributed by atoms with Gasteiger partial charge in [0.2, 0.25) is 5.91 Å². The van der Waals surface area contributed by atoms with Crippen molar-refractivity contribution < 1.29 is 14.0 Å². The number of amides is 2. The van der Waals surface area contributed by atoms with E-state index in [0.29, 0.717) is 23.3 Å². The summed E-state index contributed by atoms with van der Waals surface area (Å²) < 4.78 is 15.6. The molecule has 7 nitrogen and oxygen atoms in total. The maximum Gasteiger partial charge on any atom is 0.254 e. The van der Waals surface area contributed by atoms with Crippen LogP contribution in [-0.2, 0) is 17.9 Å². The van der Waals surface area contributed by atoms with Crippen LogP contribution in [-0.4, -0.2) is 50.3 Å². The number of aromatic nitrogens is 3. The molecule has 2 heterocycles. The van der Waals surface area contributed by atoms with E-state index in [1.165, 1.54) is 36.4 Å². The molecule has 1 aromatic heterocycles. The van der Waals surface area contributed by atoms with Crippen molar-refractivity contribution in [3.8, 4) is 0 Å². The molecule has 1 aliphatic heterocycles. The minimum Gasteiger partial charge on any atom is -0.345 e. The van der Waals surface area contributed by atoms with E-state index >= 15 is 0 Å². The number of nitrogens with one attached hydrogen (secondary N) is 1. The highest BCUT2D eigenvalue weighted by Crippen LogP contribution is 2.19. The van der Waals surface area contributed by atoms with Gasteiger partial charge in [-0.3, -0.25) is 9.59 Å². The molecular weight excluding hydrogens is 381 g/mol. The van der Waals surface area contributed by atoms with Gasteiger partial charge in [-0.25, -0.2) is 4.39 Å². The van der Waals surface area contributed by atoms with E-state index in [-0.39, 0.29) is 18.0 Å². The van der Waals surface area contributed by atoms with Gasteiger partial charge in [0, 0.05) is 19.6 Å². The number of piperidine rings is 1. The molecule has 1 N–H and O–H groups in total. The first-order valence-corrected chi connectivity index (χ1v) is 10.4. The lowest BCUT2D eigenvalue weighted by Crippen LogP contribution is -2.36. The van der Waals surface area contributed by atoms with Crippen LogP contribution in [0.5, 0.6) is 0 Å². The Morgan fingerprint density at radius 3 is 2.64 bits per heavy atom. The molecule has 1 aliphatic rings. The number of carbonyl (C=O) groups excluding carboxylic acids is 2. The molecule has 28 heavy (non-hydrogen) atoms. The van der Waals surface area contributed by atoms with E-state index in [1.54, 1.807) is 6.07 Å². The minimum atomic E-state index is -0.565. The van der Waals surface area contributed by atoms with E-state index < -0.39 is 11.7 Å². The smallest absolute Gasteiger partial charge is 0.254 e. The van der Waals surface area contributed by atoms with Crippen molar-refractivity contribution in [1.82, 2.24) is 25.0 Å². The topological polar surface area (TPSA) is 80.1 Å². The minimum absolute atomic E-state index is 0.00760. The number of benzene rings is 1. The predicted molar refractivity (Wildman–Crippen MR) is 104 cm³/mol. The van der Waals surface area contributed by atoms with E-state index in [1.807, 2.05) is 16.4 Å². The first-order chi connectivity index (χ1) is 13.6. The standard InChI is InChI=1S/C19H24FN5O2S/c1-2-25-16(12-21-18(27)14-8-4-5-9-15(14)20)22-23-19(25)28-13-17(26)24-10-6-3-7-11-24/h4-5,8-9H,2-3,6-7,10-13H2,1H3,(H,21,27). The highest BCUT2D eigenvalue weighted by molar-refractivity contribution is 7.99. The summed E-state index contributed by atoms with van der Waals surface area (Å²) in [6.07, 6.45) is 3.31. The molecule has 1 aromatic carbocycles. The molecule has 0 saturated carbocycles. The van der Waals surface area contributed by atoms with Crippen LogP contribution in [0.4, 0.5) is 4.39 Å². The fourth-order valence-corrected chi connectivity index (χ4v) is 4.06. The van der Waals surface area contributed by atoms with Crippen LogP contribution in [0.1, 0.15) is 42.4 Å². The van der Waals surface area contributed by atoms with Crippen LogP contribution < -0.4 is 5.32 Å². The zero-order chi connectivity index (χ0) is 19.9. The SMILES string of the molecule is CCn1c(CNC(=O)c2ccccc2F)nnc1SCC(=O)N1CCCCC1. The molecule has 1 fully saturated rings. The Labute approximate surface area is 167 Å². The van der Waals surface area contributed by atoms with Gasteiger partial charge in [-0.1, -0.05) is 23.9 Å². The quantitative estimate of drug-likeness (QED) is 0.716. The van der Waals surface area contributed by atoms with Crippen molar-refractivity contribution in [2.45, 2.75) is 44.4 Å². The van der Waals surface area contributed by atoms with Crippen LogP contribution in [0.15, 0.2) is 29.4 Å². The van der Waals surface area contributed by atoms with E-state index in [0.717, 1.165) is 25.9 Å². The Kier molecular flexibility index (Phi) is 7.02. The molecule has 0 radical (unpaired) electrons. The van der Waals surface area contributed by atoms with Gasteiger partial charge in [0.05, 0.1) is 17.9 Å². The van der Waals surface area contributed by atoms with Crippen LogP contribution in [0.2, 0.25) is 0 Å². The van der Waals surface area contributed by atoms with Crippen LogP contribution in [0.25, 0.3) is 0 Å². The van der Waals surface area contributed by atoms with Gasteiger partial charge >= 0.3 is 0 Å². The fourth-order valence-electron chi connectivity index (χ4n) is 3.14. The normalized spacial score (nSPS) is 14.1. The third kappa shape index (κ3) is 4.89. The molecule has 0 unspecified atom stereocenters. The van der Waals surface area contributed by atoms with Gasteiger partial charge in [0.15, 0.2) is 11.0 Å². The van der Waals surface area contributed by atoms with E-state index in [9.17, 15) is 14.0 Å². The van der Waals surface area contributed by atoms with Gasteiger partial charge in [-0.2, -0.15) is 0 Å². The summed E-state index contributed by atoms with van der Waals surface area (Å²) in [7, 11) is 0. The van der Waals surface area contributed by atoms with Gasteiger partial charge in [-0.15, -0.1) is 10.2 Å². The van der Waals surface area contributed by atoms with Crippen molar-refractivity contribution in [3.05, 3.63) is 41.5 Å². The third-order valence-corrected chi connectivity index (χ3v) is 5.62. The molecule has 1 saturated heterocycles. The molecule has 0 aliphatic carbocycles. The van der Waals surface area contributed by atoms with Gasteiger partial charge in [0.1, 0.15) is 5.82 Å². The molecule has 0 spiro atoms. The molecular formula is C19H24FN5O2S. The summed E-state index contributed by atoms with van der Waals surface area (Å²) in [5, 5.41) is 11.6. The number of likely N-dealkylation sites (tertiary alicyclic amines) is 1.